The zero-order valence-corrected chi connectivity index (χ0v) is 12.9. The fraction of sp³-hybridized carbons (Fsp3) is 0.438. The fourth-order valence-electron chi connectivity index (χ4n) is 2.25. The SMILES string of the molecule is CCNC(c1ccn(C)n1)c1ccccc1OCCOC. The largest absolute Gasteiger partial charge is 0.491 e. The van der Waals surface area contributed by atoms with Gasteiger partial charge >= 0.3 is 0 Å². The van der Waals surface area contributed by atoms with E-state index in [1.165, 1.54) is 0 Å². The van der Waals surface area contributed by atoms with Crippen LogP contribution in [0.3, 0.4) is 0 Å². The van der Waals surface area contributed by atoms with Crippen molar-refractivity contribution < 1.29 is 9.47 Å². The summed E-state index contributed by atoms with van der Waals surface area (Å²) < 4.78 is 12.7. The minimum absolute atomic E-state index is 0.0231. The Bertz CT molecular complexity index is 554. The van der Waals surface area contributed by atoms with Crippen LogP contribution in [0.2, 0.25) is 0 Å². The molecule has 1 aromatic heterocycles. The molecule has 0 fully saturated rings. The lowest BCUT2D eigenvalue weighted by Gasteiger charge is -2.20. The average molecular weight is 289 g/mol. The van der Waals surface area contributed by atoms with Crippen molar-refractivity contribution in [1.82, 2.24) is 15.1 Å². The Morgan fingerprint density at radius 1 is 1.24 bits per heavy atom. The Balaban J connectivity index is 2.27. The first-order chi connectivity index (χ1) is 10.3. The number of para-hydroxylation sites is 1. The normalized spacial score (nSPS) is 12.3. The number of aromatic nitrogens is 2. The number of nitrogens with one attached hydrogen (secondary N) is 1. The van der Waals surface area contributed by atoms with Gasteiger partial charge in [-0.15, -0.1) is 0 Å². The molecular formula is C16H23N3O2. The van der Waals surface area contributed by atoms with Crippen LogP contribution in [0.25, 0.3) is 0 Å². The van der Waals surface area contributed by atoms with Gasteiger partial charge in [0.2, 0.25) is 0 Å². The summed E-state index contributed by atoms with van der Waals surface area (Å²) in [5.74, 6) is 0.867. The van der Waals surface area contributed by atoms with E-state index in [-0.39, 0.29) is 6.04 Å². The van der Waals surface area contributed by atoms with Gasteiger partial charge in [0.25, 0.3) is 0 Å². The molecule has 114 valence electrons. The quantitative estimate of drug-likeness (QED) is 0.756. The van der Waals surface area contributed by atoms with E-state index in [0.29, 0.717) is 13.2 Å². The summed E-state index contributed by atoms with van der Waals surface area (Å²) in [6, 6.07) is 10.1. The zero-order chi connectivity index (χ0) is 15.1. The Hall–Kier alpha value is -1.85. The molecule has 0 saturated heterocycles. The van der Waals surface area contributed by atoms with E-state index in [1.54, 1.807) is 7.11 Å². The van der Waals surface area contributed by atoms with Gasteiger partial charge < -0.3 is 14.8 Å². The highest BCUT2D eigenvalue weighted by molar-refractivity contribution is 5.39. The Morgan fingerprint density at radius 2 is 2.05 bits per heavy atom. The number of hydrogen-bond acceptors (Lipinski definition) is 4. The highest BCUT2D eigenvalue weighted by Crippen LogP contribution is 2.29. The van der Waals surface area contributed by atoms with Gasteiger partial charge in [0, 0.05) is 25.9 Å². The van der Waals surface area contributed by atoms with Gasteiger partial charge in [-0.05, 0) is 18.7 Å². The van der Waals surface area contributed by atoms with Crippen LogP contribution in [-0.4, -0.2) is 36.6 Å². The molecule has 21 heavy (non-hydrogen) atoms. The number of aryl methyl sites for hydroxylation is 1. The van der Waals surface area contributed by atoms with Gasteiger partial charge in [0.15, 0.2) is 0 Å². The van der Waals surface area contributed by atoms with Crippen molar-refractivity contribution in [1.29, 1.82) is 0 Å². The van der Waals surface area contributed by atoms with Crippen molar-refractivity contribution in [3.8, 4) is 5.75 Å². The van der Waals surface area contributed by atoms with Crippen molar-refractivity contribution in [2.24, 2.45) is 7.05 Å². The number of benzene rings is 1. The third-order valence-corrected chi connectivity index (χ3v) is 3.21. The van der Waals surface area contributed by atoms with Crippen molar-refractivity contribution in [2.45, 2.75) is 13.0 Å². The molecular weight excluding hydrogens is 266 g/mol. The molecule has 0 aliphatic rings. The number of nitrogens with zero attached hydrogens (tertiary/aromatic N) is 2. The van der Waals surface area contributed by atoms with Crippen LogP contribution in [0.15, 0.2) is 36.5 Å². The summed E-state index contributed by atoms with van der Waals surface area (Å²) >= 11 is 0. The van der Waals surface area contributed by atoms with Crippen LogP contribution < -0.4 is 10.1 Å². The first-order valence-electron chi connectivity index (χ1n) is 7.19. The Kier molecular flexibility index (Phi) is 5.78. The second kappa shape index (κ2) is 7.81. The topological polar surface area (TPSA) is 48.3 Å². The summed E-state index contributed by atoms with van der Waals surface area (Å²) in [4.78, 5) is 0. The summed E-state index contributed by atoms with van der Waals surface area (Å²) in [5.41, 5.74) is 2.08. The van der Waals surface area contributed by atoms with E-state index in [1.807, 2.05) is 42.2 Å². The molecule has 0 aliphatic heterocycles. The molecule has 5 heteroatoms. The van der Waals surface area contributed by atoms with E-state index in [4.69, 9.17) is 9.47 Å². The highest BCUT2D eigenvalue weighted by Gasteiger charge is 2.19. The molecule has 1 aromatic carbocycles. The fourth-order valence-corrected chi connectivity index (χ4v) is 2.25. The van der Waals surface area contributed by atoms with Gasteiger partial charge in [-0.2, -0.15) is 5.10 Å². The van der Waals surface area contributed by atoms with Crippen LogP contribution in [-0.2, 0) is 11.8 Å². The molecule has 0 spiro atoms. The van der Waals surface area contributed by atoms with Gasteiger partial charge in [-0.1, -0.05) is 25.1 Å². The van der Waals surface area contributed by atoms with Gasteiger partial charge in [0.05, 0.1) is 18.3 Å². The highest BCUT2D eigenvalue weighted by atomic mass is 16.5. The van der Waals surface area contributed by atoms with Crippen molar-refractivity contribution in [3.05, 3.63) is 47.8 Å². The summed E-state index contributed by atoms with van der Waals surface area (Å²) in [6.07, 6.45) is 1.95. The van der Waals surface area contributed by atoms with E-state index < -0.39 is 0 Å². The van der Waals surface area contributed by atoms with Crippen LogP contribution in [0.1, 0.15) is 24.2 Å². The Morgan fingerprint density at radius 3 is 2.71 bits per heavy atom. The van der Waals surface area contributed by atoms with Gasteiger partial charge in [-0.25, -0.2) is 0 Å². The molecule has 1 heterocycles. The summed E-state index contributed by atoms with van der Waals surface area (Å²) in [6.45, 7) is 4.05. The van der Waals surface area contributed by atoms with Gasteiger partial charge in [0.1, 0.15) is 12.4 Å². The lowest BCUT2D eigenvalue weighted by Crippen LogP contribution is -2.23. The molecule has 0 saturated carbocycles. The van der Waals surface area contributed by atoms with Crippen LogP contribution >= 0.6 is 0 Å². The predicted octanol–water partition coefficient (Wildman–Crippen LogP) is 2.14. The molecule has 0 amide bonds. The molecule has 0 radical (unpaired) electrons. The molecule has 1 unspecified atom stereocenters. The first kappa shape index (κ1) is 15.5. The molecule has 1 atom stereocenters. The monoisotopic (exact) mass is 289 g/mol. The van der Waals surface area contributed by atoms with Crippen LogP contribution in [0, 0.1) is 0 Å². The predicted molar refractivity (Wildman–Crippen MR) is 82.5 cm³/mol. The summed E-state index contributed by atoms with van der Waals surface area (Å²) in [5, 5.41) is 7.99. The number of hydrogen-bond donors (Lipinski definition) is 1. The smallest absolute Gasteiger partial charge is 0.124 e. The molecule has 0 aliphatic carbocycles. The standard InChI is InChI=1S/C16H23N3O2/c1-4-17-16(14-9-10-19(2)18-14)13-7-5-6-8-15(13)21-12-11-20-3/h5-10,16-17H,4,11-12H2,1-3H3. The Labute approximate surface area is 125 Å². The zero-order valence-electron chi connectivity index (χ0n) is 12.9. The maximum atomic E-state index is 5.83. The van der Waals surface area contributed by atoms with E-state index >= 15 is 0 Å². The first-order valence-corrected chi connectivity index (χ1v) is 7.19. The maximum absolute atomic E-state index is 5.83. The van der Waals surface area contributed by atoms with Gasteiger partial charge in [-0.3, -0.25) is 4.68 Å². The lowest BCUT2D eigenvalue weighted by atomic mass is 10.0. The third kappa shape index (κ3) is 4.06. The minimum atomic E-state index is 0.0231. The van der Waals surface area contributed by atoms with Crippen molar-refractivity contribution in [3.63, 3.8) is 0 Å². The lowest BCUT2D eigenvalue weighted by molar-refractivity contribution is 0.145. The number of rotatable bonds is 8. The van der Waals surface area contributed by atoms with Crippen molar-refractivity contribution in [2.75, 3.05) is 26.9 Å². The summed E-state index contributed by atoms with van der Waals surface area (Å²) in [7, 11) is 3.60. The van der Waals surface area contributed by atoms with E-state index in [2.05, 4.69) is 23.4 Å². The third-order valence-electron chi connectivity index (χ3n) is 3.21. The second-order valence-electron chi connectivity index (χ2n) is 4.78. The number of ether oxygens (including phenoxy) is 2. The van der Waals surface area contributed by atoms with Crippen LogP contribution in [0.5, 0.6) is 5.75 Å². The molecule has 2 aromatic rings. The van der Waals surface area contributed by atoms with E-state index in [0.717, 1.165) is 23.6 Å². The number of methoxy groups -OCH3 is 1. The molecule has 1 N–H and O–H groups in total. The average Bonchev–Trinajstić information content (AvgIpc) is 2.92. The van der Waals surface area contributed by atoms with Crippen molar-refractivity contribution >= 4 is 0 Å². The maximum Gasteiger partial charge on any atom is 0.124 e. The molecule has 0 bridgehead atoms. The molecule has 2 rings (SSSR count). The van der Waals surface area contributed by atoms with E-state index in [9.17, 15) is 0 Å². The van der Waals surface area contributed by atoms with Crippen LogP contribution in [0.4, 0.5) is 0 Å². The second-order valence-corrected chi connectivity index (χ2v) is 4.78. The molecule has 5 nitrogen and oxygen atoms in total. The minimum Gasteiger partial charge on any atom is -0.491 e.